The lowest BCUT2D eigenvalue weighted by Gasteiger charge is -2.25. The van der Waals surface area contributed by atoms with Crippen LogP contribution in [0.3, 0.4) is 0 Å². The summed E-state index contributed by atoms with van der Waals surface area (Å²) in [5, 5.41) is 0. The van der Waals surface area contributed by atoms with Crippen LogP contribution in [0, 0.1) is 0 Å². The molecule has 0 aliphatic heterocycles. The quantitative estimate of drug-likeness (QED) is 0.429. The van der Waals surface area contributed by atoms with E-state index in [1.165, 1.54) is 0 Å². The third-order valence-corrected chi connectivity index (χ3v) is 2.63. The summed E-state index contributed by atoms with van der Waals surface area (Å²) in [7, 11) is 0.780. The molecule has 58 valence electrons. The van der Waals surface area contributed by atoms with Gasteiger partial charge in [-0.15, -0.1) is 13.2 Å². The van der Waals surface area contributed by atoms with Gasteiger partial charge in [-0.05, 0) is 19.8 Å². The lowest BCUT2D eigenvalue weighted by atomic mass is 9.99. The fourth-order valence-electron chi connectivity index (χ4n) is 0.861. The van der Waals surface area contributed by atoms with Gasteiger partial charge in [0.1, 0.15) is 10.5 Å². The Kier molecular flexibility index (Phi) is 4.32. The maximum Gasteiger partial charge on any atom is 0.146 e. The van der Waals surface area contributed by atoms with E-state index in [1.807, 2.05) is 12.2 Å². The smallest absolute Gasteiger partial charge is 0.146 e. The molecule has 0 saturated carbocycles. The van der Waals surface area contributed by atoms with Gasteiger partial charge in [0.2, 0.25) is 0 Å². The molecule has 0 unspecified atom stereocenters. The van der Waals surface area contributed by atoms with E-state index in [9.17, 15) is 0 Å². The van der Waals surface area contributed by atoms with Crippen LogP contribution in [0.15, 0.2) is 25.3 Å². The maximum atomic E-state index is 5.42. The van der Waals surface area contributed by atoms with Gasteiger partial charge in [0.25, 0.3) is 0 Å². The molecule has 0 heterocycles. The third-order valence-electron chi connectivity index (χ3n) is 1.65. The summed E-state index contributed by atoms with van der Waals surface area (Å²) in [6, 6.07) is 0. The van der Waals surface area contributed by atoms with Gasteiger partial charge in [0.15, 0.2) is 0 Å². The van der Waals surface area contributed by atoms with Crippen molar-refractivity contribution in [3.05, 3.63) is 25.3 Å². The van der Waals surface area contributed by atoms with Crippen molar-refractivity contribution in [1.29, 1.82) is 0 Å². The zero-order valence-electron chi connectivity index (χ0n) is 6.89. The van der Waals surface area contributed by atoms with Crippen LogP contribution in [0.2, 0.25) is 0 Å². The lowest BCUT2D eigenvalue weighted by molar-refractivity contribution is 0.108. The van der Waals surface area contributed by atoms with E-state index in [-0.39, 0.29) is 5.60 Å². The molecule has 10 heavy (non-hydrogen) atoms. The van der Waals surface area contributed by atoms with Gasteiger partial charge in [-0.3, -0.25) is 0 Å². The zero-order chi connectivity index (χ0) is 8.04. The molecule has 0 fully saturated rings. The molecular weight excluding hydrogens is 140 g/mol. The molecule has 1 nitrogen and oxygen atoms in total. The fraction of sp³-hybridized carbons (Fsp3) is 0.500. The Balaban J connectivity index is 3.92. The standard InChI is InChI=1S/C8H16OSi/c1-4-6-8(3,9-10)7-5-2/h4-5H,1-2,6-7H2,3,10H3. The SMILES string of the molecule is C=CCC(C)(CC=C)O[SiH3]. The van der Waals surface area contributed by atoms with E-state index in [0.29, 0.717) is 0 Å². The van der Waals surface area contributed by atoms with Crippen molar-refractivity contribution in [2.24, 2.45) is 0 Å². The second-order valence-corrected chi connectivity index (χ2v) is 3.05. The van der Waals surface area contributed by atoms with Crippen LogP contribution in [0.4, 0.5) is 0 Å². The molecule has 0 aromatic carbocycles. The Bertz CT molecular complexity index is 110. The van der Waals surface area contributed by atoms with Crippen LogP contribution in [-0.4, -0.2) is 16.1 Å². The van der Waals surface area contributed by atoms with Gasteiger partial charge in [-0.25, -0.2) is 0 Å². The number of hydrogen-bond acceptors (Lipinski definition) is 1. The van der Waals surface area contributed by atoms with E-state index in [2.05, 4.69) is 20.1 Å². The molecule has 0 radical (unpaired) electrons. The summed E-state index contributed by atoms with van der Waals surface area (Å²) >= 11 is 0. The van der Waals surface area contributed by atoms with E-state index in [1.54, 1.807) is 0 Å². The normalized spacial score (nSPS) is 11.3. The van der Waals surface area contributed by atoms with Crippen LogP contribution >= 0.6 is 0 Å². The second-order valence-electron chi connectivity index (χ2n) is 2.64. The minimum atomic E-state index is -0.0320. The summed E-state index contributed by atoms with van der Waals surface area (Å²) in [5.41, 5.74) is -0.0320. The van der Waals surface area contributed by atoms with E-state index >= 15 is 0 Å². The van der Waals surface area contributed by atoms with Gasteiger partial charge in [-0.1, -0.05) is 12.2 Å². The first kappa shape index (κ1) is 9.66. The molecule has 2 heteroatoms. The molecule has 0 aliphatic rings. The van der Waals surface area contributed by atoms with Gasteiger partial charge >= 0.3 is 0 Å². The molecule has 0 atom stereocenters. The average Bonchev–Trinajstić information content (AvgIpc) is 1.89. The molecule has 0 N–H and O–H groups in total. The predicted octanol–water partition coefficient (Wildman–Crippen LogP) is 1.19. The second kappa shape index (κ2) is 4.47. The van der Waals surface area contributed by atoms with Crippen LogP contribution in [0.1, 0.15) is 19.8 Å². The van der Waals surface area contributed by atoms with Gasteiger partial charge < -0.3 is 4.43 Å². The highest BCUT2D eigenvalue weighted by Gasteiger charge is 2.18. The summed E-state index contributed by atoms with van der Waals surface area (Å²) in [6.07, 6.45) is 5.59. The first-order valence-electron chi connectivity index (χ1n) is 3.45. The molecule has 0 rings (SSSR count). The first-order chi connectivity index (χ1) is 4.68. The first-order valence-corrected chi connectivity index (χ1v) is 4.27. The Hall–Kier alpha value is -0.343. The molecule has 0 aromatic rings. The lowest BCUT2D eigenvalue weighted by Crippen LogP contribution is -2.25. The van der Waals surface area contributed by atoms with Crippen molar-refractivity contribution in [3.63, 3.8) is 0 Å². The molecule has 0 amide bonds. The topological polar surface area (TPSA) is 9.23 Å². The van der Waals surface area contributed by atoms with Crippen LogP contribution in [0.5, 0.6) is 0 Å². The molecule has 0 aliphatic carbocycles. The van der Waals surface area contributed by atoms with Gasteiger partial charge in [0.05, 0.1) is 5.60 Å². The van der Waals surface area contributed by atoms with E-state index < -0.39 is 0 Å². The van der Waals surface area contributed by atoms with E-state index in [0.717, 1.165) is 23.3 Å². The summed E-state index contributed by atoms with van der Waals surface area (Å²) in [5.74, 6) is 0. The number of rotatable bonds is 5. The highest BCUT2D eigenvalue weighted by Crippen LogP contribution is 2.18. The van der Waals surface area contributed by atoms with Crippen LogP contribution < -0.4 is 0 Å². The molecule has 0 bridgehead atoms. The Morgan fingerprint density at radius 1 is 1.40 bits per heavy atom. The predicted molar refractivity (Wildman–Crippen MR) is 49.1 cm³/mol. The Morgan fingerprint density at radius 3 is 2.00 bits per heavy atom. The van der Waals surface area contributed by atoms with Crippen molar-refractivity contribution in [2.45, 2.75) is 25.4 Å². The van der Waals surface area contributed by atoms with Crippen molar-refractivity contribution >= 4 is 10.5 Å². The minimum absolute atomic E-state index is 0.0320. The van der Waals surface area contributed by atoms with Crippen molar-refractivity contribution in [2.75, 3.05) is 0 Å². The molecular formula is C8H16OSi. The average molecular weight is 156 g/mol. The summed E-state index contributed by atoms with van der Waals surface area (Å²) in [6.45, 7) is 9.44. The Morgan fingerprint density at radius 2 is 1.80 bits per heavy atom. The zero-order valence-corrected chi connectivity index (χ0v) is 8.89. The molecule has 0 spiro atoms. The van der Waals surface area contributed by atoms with Crippen molar-refractivity contribution in [3.8, 4) is 0 Å². The highest BCUT2D eigenvalue weighted by molar-refractivity contribution is 5.98. The maximum absolute atomic E-state index is 5.42. The summed E-state index contributed by atoms with van der Waals surface area (Å²) < 4.78 is 5.42. The van der Waals surface area contributed by atoms with Crippen LogP contribution in [-0.2, 0) is 4.43 Å². The minimum Gasteiger partial charge on any atom is -0.422 e. The molecule has 0 aromatic heterocycles. The monoisotopic (exact) mass is 156 g/mol. The van der Waals surface area contributed by atoms with Crippen LogP contribution in [0.25, 0.3) is 0 Å². The van der Waals surface area contributed by atoms with Gasteiger partial charge in [0, 0.05) is 0 Å². The van der Waals surface area contributed by atoms with Crippen molar-refractivity contribution in [1.82, 2.24) is 0 Å². The Labute approximate surface area is 66.3 Å². The molecule has 0 saturated heterocycles. The summed E-state index contributed by atoms with van der Waals surface area (Å²) in [4.78, 5) is 0. The van der Waals surface area contributed by atoms with Gasteiger partial charge in [-0.2, -0.15) is 0 Å². The highest BCUT2D eigenvalue weighted by atomic mass is 28.2. The van der Waals surface area contributed by atoms with Crippen molar-refractivity contribution < 1.29 is 4.43 Å². The third kappa shape index (κ3) is 2.99. The fourth-order valence-corrected chi connectivity index (χ4v) is 1.19. The largest absolute Gasteiger partial charge is 0.422 e. The number of hydrogen-bond donors (Lipinski definition) is 0. The van der Waals surface area contributed by atoms with E-state index in [4.69, 9.17) is 4.43 Å².